The van der Waals surface area contributed by atoms with Crippen LogP contribution < -0.4 is 0 Å². The topological polar surface area (TPSA) is 119 Å². The highest BCUT2D eigenvalue weighted by molar-refractivity contribution is 7.47. The Morgan fingerprint density at radius 1 is 0.600 bits per heavy atom. The van der Waals surface area contributed by atoms with Gasteiger partial charge in [-0.25, -0.2) is 4.57 Å². The van der Waals surface area contributed by atoms with Crippen molar-refractivity contribution in [2.24, 2.45) is 0 Å². The first-order chi connectivity index (χ1) is 23.9. The van der Waals surface area contributed by atoms with E-state index in [4.69, 9.17) is 13.8 Å². The SMILES string of the molecule is CCCCCCCCCCCCCCCCCC(=O)C(C[N+](C)(C)C)OP(=O)(O)OC[C@@H](CO)OC(=O)CCCCCCCCCCCCC. The van der Waals surface area contributed by atoms with E-state index in [1.54, 1.807) is 0 Å². The second-order valence-electron chi connectivity index (χ2n) is 15.6. The Balaban J connectivity index is 4.31. The number of hydrogen-bond donors (Lipinski definition) is 2. The van der Waals surface area contributed by atoms with Crippen LogP contribution in [0.15, 0.2) is 0 Å². The fourth-order valence-electron chi connectivity index (χ4n) is 6.19. The van der Waals surface area contributed by atoms with Crippen LogP contribution in [0.4, 0.5) is 0 Å². The maximum Gasteiger partial charge on any atom is 0.473 e. The number of unbranched alkanes of at least 4 members (excludes halogenated alkanes) is 24. The van der Waals surface area contributed by atoms with Crippen LogP contribution in [0, 0.1) is 0 Å². The van der Waals surface area contributed by atoms with Gasteiger partial charge in [-0.15, -0.1) is 0 Å². The van der Waals surface area contributed by atoms with Crippen LogP contribution >= 0.6 is 7.82 Å². The van der Waals surface area contributed by atoms with Crippen LogP contribution in [0.5, 0.6) is 0 Å². The molecule has 0 aliphatic rings. The molecule has 0 saturated carbocycles. The number of hydrogen-bond acceptors (Lipinski definition) is 7. The van der Waals surface area contributed by atoms with Crippen molar-refractivity contribution in [3.8, 4) is 0 Å². The number of Topliss-reactive ketones (excluding diaryl/α,β-unsaturated/α-hetero) is 1. The molecule has 0 aromatic rings. The summed E-state index contributed by atoms with van der Waals surface area (Å²) in [5.74, 6) is -0.693. The number of phosphoric ester groups is 1. The third-order valence-corrected chi connectivity index (χ3v) is 10.3. The summed E-state index contributed by atoms with van der Waals surface area (Å²) >= 11 is 0. The smallest absolute Gasteiger partial charge is 0.457 e. The summed E-state index contributed by atoms with van der Waals surface area (Å²) in [5.41, 5.74) is 0. The minimum Gasteiger partial charge on any atom is -0.457 e. The molecule has 0 saturated heterocycles. The van der Waals surface area contributed by atoms with Crippen LogP contribution in [0.25, 0.3) is 0 Å². The first kappa shape index (κ1) is 49.2. The fraction of sp³-hybridized carbons (Fsp3) is 0.950. The number of ketones is 1. The standard InChI is InChI=1S/C40H80NO8P/c1-6-8-10-12-14-16-18-19-20-21-23-24-26-28-30-32-38(43)39(34-41(3,4)5)49-50(45,46)47-36-37(35-42)48-40(44)33-31-29-27-25-22-17-15-13-11-9-7-2/h37,39,42H,6-36H2,1-5H3/p+1/t37-,39?/m1/s1. The number of rotatable bonds is 38. The van der Waals surface area contributed by atoms with Crippen molar-refractivity contribution in [3.05, 3.63) is 0 Å². The highest BCUT2D eigenvalue weighted by Gasteiger charge is 2.35. The van der Waals surface area contributed by atoms with Crippen LogP contribution in [0.3, 0.4) is 0 Å². The molecule has 0 spiro atoms. The number of carbonyl (C=O) groups is 2. The van der Waals surface area contributed by atoms with E-state index in [2.05, 4.69) is 13.8 Å². The van der Waals surface area contributed by atoms with Crippen molar-refractivity contribution in [1.82, 2.24) is 0 Å². The lowest BCUT2D eigenvalue weighted by atomic mass is 10.0. The second-order valence-corrected chi connectivity index (χ2v) is 17.0. The van der Waals surface area contributed by atoms with Gasteiger partial charge in [-0.3, -0.25) is 18.6 Å². The number of aliphatic hydroxyl groups excluding tert-OH is 1. The molecule has 0 amide bonds. The Morgan fingerprint density at radius 3 is 1.32 bits per heavy atom. The average Bonchev–Trinajstić information content (AvgIpc) is 3.06. The average molecular weight is 735 g/mol. The maximum absolute atomic E-state index is 13.1. The van der Waals surface area contributed by atoms with E-state index in [9.17, 15) is 24.2 Å². The van der Waals surface area contributed by atoms with E-state index in [-0.39, 0.29) is 25.2 Å². The summed E-state index contributed by atoms with van der Waals surface area (Å²) in [7, 11) is 1.00. The third-order valence-electron chi connectivity index (χ3n) is 9.27. The van der Waals surface area contributed by atoms with Crippen molar-refractivity contribution < 1.29 is 42.4 Å². The van der Waals surface area contributed by atoms with E-state index in [1.807, 2.05) is 21.1 Å². The Bertz CT molecular complexity index is 850. The Hall–Kier alpha value is -0.830. The van der Waals surface area contributed by atoms with E-state index >= 15 is 0 Å². The number of likely N-dealkylation sites (N-methyl/N-ethyl adjacent to an activating group) is 1. The van der Waals surface area contributed by atoms with Gasteiger partial charge in [0, 0.05) is 12.8 Å². The van der Waals surface area contributed by atoms with Crippen LogP contribution in [0.1, 0.15) is 194 Å². The van der Waals surface area contributed by atoms with Gasteiger partial charge in [0.05, 0.1) is 34.4 Å². The van der Waals surface area contributed by atoms with E-state index in [1.165, 1.54) is 128 Å². The lowest BCUT2D eigenvalue weighted by Crippen LogP contribution is -2.45. The van der Waals surface area contributed by atoms with E-state index in [0.29, 0.717) is 17.3 Å². The van der Waals surface area contributed by atoms with Gasteiger partial charge in [0.15, 0.2) is 11.9 Å². The molecule has 0 aromatic carbocycles. The largest absolute Gasteiger partial charge is 0.473 e. The molecule has 2 unspecified atom stereocenters. The highest BCUT2D eigenvalue weighted by Crippen LogP contribution is 2.45. The van der Waals surface area contributed by atoms with Gasteiger partial charge in [0.1, 0.15) is 12.6 Å². The van der Waals surface area contributed by atoms with Crippen molar-refractivity contribution >= 4 is 19.6 Å². The number of ether oxygens (including phenoxy) is 1. The Morgan fingerprint density at radius 2 is 0.960 bits per heavy atom. The first-order valence-corrected chi connectivity index (χ1v) is 22.2. The Kier molecular flexibility index (Phi) is 32.2. The molecule has 0 bridgehead atoms. The number of phosphoric acid groups is 1. The highest BCUT2D eigenvalue weighted by atomic mass is 31.2. The summed E-state index contributed by atoms with van der Waals surface area (Å²) in [4.78, 5) is 35.9. The van der Waals surface area contributed by atoms with Crippen molar-refractivity contribution in [2.75, 3.05) is 40.9 Å². The molecule has 50 heavy (non-hydrogen) atoms. The molecule has 0 heterocycles. The predicted octanol–water partition coefficient (Wildman–Crippen LogP) is 10.6. The van der Waals surface area contributed by atoms with Crippen molar-refractivity contribution in [2.45, 2.75) is 206 Å². The monoisotopic (exact) mass is 735 g/mol. The lowest BCUT2D eigenvalue weighted by molar-refractivity contribution is -0.872. The quantitative estimate of drug-likeness (QED) is 0.0278. The number of esters is 1. The molecular weight excluding hydrogens is 653 g/mol. The molecule has 2 N–H and O–H groups in total. The zero-order valence-corrected chi connectivity index (χ0v) is 34.2. The summed E-state index contributed by atoms with van der Waals surface area (Å²) in [6.07, 6.45) is 29.8. The van der Waals surface area contributed by atoms with Gasteiger partial charge in [0.2, 0.25) is 0 Å². The minimum atomic E-state index is -4.66. The van der Waals surface area contributed by atoms with Gasteiger partial charge >= 0.3 is 13.8 Å². The van der Waals surface area contributed by atoms with Crippen molar-refractivity contribution in [1.29, 1.82) is 0 Å². The lowest BCUT2D eigenvalue weighted by Gasteiger charge is -2.29. The molecule has 0 aliphatic carbocycles. The molecule has 0 fully saturated rings. The van der Waals surface area contributed by atoms with Crippen LogP contribution in [-0.4, -0.2) is 79.3 Å². The molecule has 0 radical (unpaired) electrons. The maximum atomic E-state index is 13.1. The third kappa shape index (κ3) is 33.0. The number of quaternary nitrogens is 1. The van der Waals surface area contributed by atoms with Gasteiger partial charge in [0.25, 0.3) is 0 Å². The zero-order valence-electron chi connectivity index (χ0n) is 33.3. The molecule has 298 valence electrons. The summed E-state index contributed by atoms with van der Waals surface area (Å²) in [6, 6.07) is 0. The number of carbonyl (C=O) groups excluding carboxylic acids is 2. The van der Waals surface area contributed by atoms with Crippen LogP contribution in [0.2, 0.25) is 0 Å². The fourth-order valence-corrected chi connectivity index (χ4v) is 7.12. The van der Waals surface area contributed by atoms with Crippen molar-refractivity contribution in [3.63, 3.8) is 0 Å². The molecular formula is C40H81NO8P+. The van der Waals surface area contributed by atoms with Gasteiger partial charge < -0.3 is 19.2 Å². The molecule has 9 nitrogen and oxygen atoms in total. The molecule has 0 aliphatic heterocycles. The molecule has 3 atom stereocenters. The summed E-state index contributed by atoms with van der Waals surface area (Å²) < 4.78 is 29.0. The summed E-state index contributed by atoms with van der Waals surface area (Å²) in [6.45, 7) is 3.64. The number of nitrogens with zero attached hydrogens (tertiary/aromatic N) is 1. The zero-order chi connectivity index (χ0) is 37.4. The predicted molar refractivity (Wildman–Crippen MR) is 206 cm³/mol. The molecule has 0 rings (SSSR count). The van der Waals surface area contributed by atoms with E-state index < -0.39 is 39.2 Å². The van der Waals surface area contributed by atoms with Gasteiger partial charge in [-0.1, -0.05) is 168 Å². The minimum absolute atomic E-state index is 0.211. The summed E-state index contributed by atoms with van der Waals surface area (Å²) in [5, 5.41) is 9.69. The first-order valence-electron chi connectivity index (χ1n) is 20.7. The van der Waals surface area contributed by atoms with Gasteiger partial charge in [-0.05, 0) is 12.8 Å². The Labute approximate surface area is 308 Å². The molecule has 10 heteroatoms. The van der Waals surface area contributed by atoms with Crippen LogP contribution in [-0.2, 0) is 27.9 Å². The van der Waals surface area contributed by atoms with E-state index in [0.717, 1.165) is 25.7 Å². The normalized spacial score (nSPS) is 14.4. The second kappa shape index (κ2) is 32.8. The van der Waals surface area contributed by atoms with Gasteiger partial charge in [-0.2, -0.15) is 0 Å². The number of aliphatic hydroxyl groups is 1. The molecule has 0 aromatic heterocycles.